The molecule has 2 aromatic carbocycles. The van der Waals surface area contributed by atoms with Crippen LogP contribution >= 0.6 is 0 Å². The SMILES string of the molecule is C=CC.O=C(Cc1ccccc1)NC1CCN(CC(=O)NC2CCc3cc(F)ccc3C2Cc2cccnc2)CC1. The highest BCUT2D eigenvalue weighted by Crippen LogP contribution is 2.35. The highest BCUT2D eigenvalue weighted by molar-refractivity contribution is 5.79. The number of benzene rings is 2. The van der Waals surface area contributed by atoms with Crippen LogP contribution in [0.3, 0.4) is 0 Å². The number of nitrogens with one attached hydrogen (secondary N) is 2. The fraction of sp³-hybridized carbons (Fsp3) is 0.382. The van der Waals surface area contributed by atoms with E-state index in [4.69, 9.17) is 0 Å². The molecule has 2 aliphatic rings. The number of rotatable bonds is 8. The van der Waals surface area contributed by atoms with E-state index in [-0.39, 0.29) is 35.6 Å². The lowest BCUT2D eigenvalue weighted by atomic mass is 9.76. The molecule has 0 radical (unpaired) electrons. The summed E-state index contributed by atoms with van der Waals surface area (Å²) in [5.41, 5.74) is 4.25. The molecule has 2 atom stereocenters. The second kappa shape index (κ2) is 15.2. The summed E-state index contributed by atoms with van der Waals surface area (Å²) in [6.07, 6.45) is 9.69. The van der Waals surface area contributed by atoms with Crippen LogP contribution in [0, 0.1) is 5.82 Å². The first-order valence-electron chi connectivity index (χ1n) is 14.5. The highest BCUT2D eigenvalue weighted by Gasteiger charge is 2.32. The molecule has 0 saturated carbocycles. The molecular weight excluding hydrogens is 515 g/mol. The van der Waals surface area contributed by atoms with E-state index in [1.54, 1.807) is 18.3 Å². The second-order valence-electron chi connectivity index (χ2n) is 10.9. The Bertz CT molecular complexity index is 1280. The van der Waals surface area contributed by atoms with Gasteiger partial charge >= 0.3 is 0 Å². The summed E-state index contributed by atoms with van der Waals surface area (Å²) >= 11 is 0. The zero-order chi connectivity index (χ0) is 29.0. The Labute approximate surface area is 243 Å². The van der Waals surface area contributed by atoms with Crippen LogP contribution in [0.2, 0.25) is 0 Å². The Kier molecular flexibility index (Phi) is 11.2. The third-order valence-electron chi connectivity index (χ3n) is 7.77. The van der Waals surface area contributed by atoms with Crippen molar-refractivity contribution in [2.75, 3.05) is 19.6 Å². The van der Waals surface area contributed by atoms with Gasteiger partial charge in [0, 0.05) is 43.5 Å². The minimum Gasteiger partial charge on any atom is -0.353 e. The number of fused-ring (bicyclic) bond motifs is 1. The highest BCUT2D eigenvalue weighted by atomic mass is 19.1. The number of halogens is 1. The number of piperidine rings is 1. The summed E-state index contributed by atoms with van der Waals surface area (Å²) in [5, 5.41) is 6.45. The molecule has 41 heavy (non-hydrogen) atoms. The van der Waals surface area contributed by atoms with E-state index in [9.17, 15) is 14.0 Å². The van der Waals surface area contributed by atoms with Gasteiger partial charge in [-0.3, -0.25) is 19.5 Å². The molecule has 2 unspecified atom stereocenters. The third kappa shape index (κ3) is 9.08. The number of hydrogen-bond acceptors (Lipinski definition) is 4. The van der Waals surface area contributed by atoms with E-state index in [1.807, 2.05) is 61.7 Å². The summed E-state index contributed by atoms with van der Waals surface area (Å²) < 4.78 is 13.9. The Morgan fingerprint density at radius 2 is 1.73 bits per heavy atom. The lowest BCUT2D eigenvalue weighted by Gasteiger charge is -2.36. The van der Waals surface area contributed by atoms with Crippen LogP contribution in [0.25, 0.3) is 0 Å². The molecule has 7 heteroatoms. The van der Waals surface area contributed by atoms with E-state index < -0.39 is 0 Å². The fourth-order valence-electron chi connectivity index (χ4n) is 5.83. The summed E-state index contributed by atoms with van der Waals surface area (Å²) in [4.78, 5) is 31.9. The molecule has 3 aromatic rings. The predicted molar refractivity (Wildman–Crippen MR) is 161 cm³/mol. The Balaban J connectivity index is 0.00000124. The summed E-state index contributed by atoms with van der Waals surface area (Å²) in [5.74, 6) is -0.0862. The van der Waals surface area contributed by atoms with Gasteiger partial charge in [-0.05, 0) is 79.5 Å². The molecule has 1 saturated heterocycles. The number of aryl methyl sites for hydroxylation is 1. The van der Waals surface area contributed by atoms with Crippen molar-refractivity contribution in [2.24, 2.45) is 0 Å². The van der Waals surface area contributed by atoms with Gasteiger partial charge in [-0.15, -0.1) is 6.58 Å². The van der Waals surface area contributed by atoms with Crippen molar-refractivity contribution in [3.63, 3.8) is 0 Å². The van der Waals surface area contributed by atoms with Crippen LogP contribution in [0.5, 0.6) is 0 Å². The molecule has 0 spiro atoms. The first-order chi connectivity index (χ1) is 19.9. The van der Waals surface area contributed by atoms with E-state index in [0.29, 0.717) is 13.0 Å². The molecule has 1 fully saturated rings. The van der Waals surface area contributed by atoms with E-state index in [0.717, 1.165) is 67.4 Å². The van der Waals surface area contributed by atoms with Crippen LogP contribution < -0.4 is 10.6 Å². The number of aromatic nitrogens is 1. The summed E-state index contributed by atoms with van der Waals surface area (Å²) in [7, 11) is 0. The van der Waals surface area contributed by atoms with Crippen molar-refractivity contribution < 1.29 is 14.0 Å². The van der Waals surface area contributed by atoms with Gasteiger partial charge in [0.15, 0.2) is 0 Å². The second-order valence-corrected chi connectivity index (χ2v) is 10.9. The average molecular weight is 557 g/mol. The molecule has 1 aromatic heterocycles. The Morgan fingerprint density at radius 1 is 1.00 bits per heavy atom. The molecule has 2 heterocycles. The van der Waals surface area contributed by atoms with Gasteiger partial charge < -0.3 is 10.6 Å². The standard InChI is InChI=1S/C31H35FN4O2.C3H6/c32-25-9-10-27-24(19-25)8-11-29(28(27)17-23-7-4-14-33-20-23)35-31(38)21-36-15-12-26(13-16-36)34-30(37)18-22-5-2-1-3-6-22;1-3-2/h1-7,9-10,14,19-20,26,28-29H,8,11-13,15-18,21H2,(H,34,37)(H,35,38);3H,1H2,2H3. The molecule has 1 aliphatic carbocycles. The first-order valence-corrected chi connectivity index (χ1v) is 14.5. The molecule has 2 amide bonds. The van der Waals surface area contributed by atoms with Gasteiger partial charge in [0.25, 0.3) is 0 Å². The number of likely N-dealkylation sites (tertiary alicyclic amines) is 1. The van der Waals surface area contributed by atoms with Crippen molar-refractivity contribution in [3.05, 3.63) is 114 Å². The Hall–Kier alpha value is -3.84. The first kappa shape index (κ1) is 30.1. The molecule has 1 aliphatic heterocycles. The van der Waals surface area contributed by atoms with Gasteiger partial charge in [0.05, 0.1) is 13.0 Å². The molecule has 5 rings (SSSR count). The average Bonchev–Trinajstić information content (AvgIpc) is 2.97. The van der Waals surface area contributed by atoms with E-state index in [1.165, 1.54) is 6.07 Å². The van der Waals surface area contributed by atoms with Crippen LogP contribution in [-0.4, -0.2) is 53.4 Å². The Morgan fingerprint density at radius 3 is 2.44 bits per heavy atom. The molecule has 6 nitrogen and oxygen atoms in total. The van der Waals surface area contributed by atoms with Gasteiger partial charge in [-0.25, -0.2) is 4.39 Å². The van der Waals surface area contributed by atoms with Crippen molar-refractivity contribution >= 4 is 11.8 Å². The zero-order valence-electron chi connectivity index (χ0n) is 23.9. The molecule has 2 N–H and O–H groups in total. The van der Waals surface area contributed by atoms with Crippen LogP contribution in [0.1, 0.15) is 54.4 Å². The van der Waals surface area contributed by atoms with Crippen molar-refractivity contribution in [1.82, 2.24) is 20.5 Å². The normalized spacial score (nSPS) is 18.8. The number of hydrogen-bond donors (Lipinski definition) is 2. The van der Waals surface area contributed by atoms with Crippen LogP contribution in [0.4, 0.5) is 4.39 Å². The molecular formula is C34H41FN4O2. The molecule has 216 valence electrons. The zero-order valence-corrected chi connectivity index (χ0v) is 23.9. The van der Waals surface area contributed by atoms with Crippen molar-refractivity contribution in [2.45, 2.75) is 63.5 Å². The number of carbonyl (C=O) groups is 2. The maximum atomic E-state index is 13.9. The van der Waals surface area contributed by atoms with Gasteiger partial charge in [-0.1, -0.05) is 48.5 Å². The maximum absolute atomic E-state index is 13.9. The van der Waals surface area contributed by atoms with Crippen molar-refractivity contribution in [3.8, 4) is 0 Å². The van der Waals surface area contributed by atoms with Gasteiger partial charge in [-0.2, -0.15) is 0 Å². The molecule has 0 bridgehead atoms. The van der Waals surface area contributed by atoms with Crippen molar-refractivity contribution in [1.29, 1.82) is 0 Å². The number of allylic oxidation sites excluding steroid dienone is 1. The summed E-state index contributed by atoms with van der Waals surface area (Å²) in [6, 6.07) is 18.9. The predicted octanol–water partition coefficient (Wildman–Crippen LogP) is 4.99. The monoisotopic (exact) mass is 556 g/mol. The number of amides is 2. The largest absolute Gasteiger partial charge is 0.353 e. The topological polar surface area (TPSA) is 74.3 Å². The lowest BCUT2D eigenvalue weighted by molar-refractivity contribution is -0.124. The quantitative estimate of drug-likeness (QED) is 0.384. The fourth-order valence-corrected chi connectivity index (χ4v) is 5.83. The lowest BCUT2D eigenvalue weighted by Crippen LogP contribution is -2.50. The van der Waals surface area contributed by atoms with E-state index in [2.05, 4.69) is 27.1 Å². The van der Waals surface area contributed by atoms with Gasteiger partial charge in [0.1, 0.15) is 5.82 Å². The van der Waals surface area contributed by atoms with Crippen LogP contribution in [-0.2, 0) is 28.9 Å². The number of carbonyl (C=O) groups excluding carboxylic acids is 2. The minimum absolute atomic E-state index is 0.0170. The number of pyridine rings is 1. The third-order valence-corrected chi connectivity index (χ3v) is 7.77. The van der Waals surface area contributed by atoms with Crippen LogP contribution in [0.15, 0.2) is 85.7 Å². The van der Waals surface area contributed by atoms with Gasteiger partial charge in [0.2, 0.25) is 11.8 Å². The summed E-state index contributed by atoms with van der Waals surface area (Å²) in [6.45, 7) is 7.14. The number of nitrogens with zero attached hydrogens (tertiary/aromatic N) is 2. The smallest absolute Gasteiger partial charge is 0.234 e. The van der Waals surface area contributed by atoms with E-state index >= 15 is 0 Å². The maximum Gasteiger partial charge on any atom is 0.234 e. The minimum atomic E-state index is -0.217.